The highest BCUT2D eigenvalue weighted by Gasteiger charge is 2.36. The summed E-state index contributed by atoms with van der Waals surface area (Å²) >= 11 is 0. The third kappa shape index (κ3) is 3.44. The fraction of sp³-hybridized carbons (Fsp3) is 0.647. The van der Waals surface area contributed by atoms with Gasteiger partial charge in [0.2, 0.25) is 11.8 Å². The maximum Gasteiger partial charge on any atom is 0.271 e. The number of hydrogen-bond donors (Lipinski definition) is 3. The molecule has 0 bridgehead atoms. The number of aromatic nitrogens is 2. The van der Waals surface area contributed by atoms with Crippen LogP contribution in [0.4, 0.5) is 5.82 Å². The second-order valence-corrected chi connectivity index (χ2v) is 7.13. The first-order valence-electron chi connectivity index (χ1n) is 8.98. The Morgan fingerprint density at radius 2 is 2.23 bits per heavy atom. The molecule has 1 aromatic heterocycles. The fourth-order valence-electron chi connectivity index (χ4n) is 3.99. The van der Waals surface area contributed by atoms with Gasteiger partial charge in [-0.15, -0.1) is 0 Å². The lowest BCUT2D eigenvalue weighted by molar-refractivity contribution is -0.140. The lowest BCUT2D eigenvalue weighted by Crippen LogP contribution is -2.49. The van der Waals surface area contributed by atoms with Gasteiger partial charge in [-0.1, -0.05) is 6.92 Å². The number of primary amides is 1. The van der Waals surface area contributed by atoms with Gasteiger partial charge in [0.25, 0.3) is 5.91 Å². The van der Waals surface area contributed by atoms with Gasteiger partial charge in [-0.05, 0) is 25.2 Å². The number of nitrogens with one attached hydrogen (secondary N) is 1. The minimum Gasteiger partial charge on any atom is -0.396 e. The Morgan fingerprint density at radius 1 is 1.46 bits per heavy atom. The predicted molar refractivity (Wildman–Crippen MR) is 93.1 cm³/mol. The third-order valence-corrected chi connectivity index (χ3v) is 5.38. The van der Waals surface area contributed by atoms with Crippen molar-refractivity contribution in [3.05, 3.63) is 12.0 Å². The molecule has 9 heteroatoms. The number of carbonyl (C=O) groups is 3. The average molecular weight is 363 g/mol. The van der Waals surface area contributed by atoms with Crippen LogP contribution in [0.1, 0.15) is 43.1 Å². The van der Waals surface area contributed by atoms with Crippen molar-refractivity contribution < 1.29 is 19.5 Å². The molecule has 26 heavy (non-hydrogen) atoms. The second kappa shape index (κ2) is 7.45. The molecule has 3 amide bonds. The number of amides is 3. The van der Waals surface area contributed by atoms with Gasteiger partial charge in [-0.2, -0.15) is 0 Å². The van der Waals surface area contributed by atoms with E-state index < -0.39 is 11.8 Å². The predicted octanol–water partition coefficient (Wildman–Crippen LogP) is -0.0501. The summed E-state index contributed by atoms with van der Waals surface area (Å²) in [6, 6.07) is 0.0122. The minimum atomic E-state index is -0.706. The largest absolute Gasteiger partial charge is 0.396 e. The number of likely N-dealkylation sites (tertiary alicyclic amines) is 1. The molecule has 3 unspecified atom stereocenters. The van der Waals surface area contributed by atoms with Crippen LogP contribution in [0.2, 0.25) is 0 Å². The number of anilines is 1. The van der Waals surface area contributed by atoms with Gasteiger partial charge in [-0.3, -0.25) is 14.4 Å². The van der Waals surface area contributed by atoms with E-state index in [0.717, 1.165) is 12.8 Å². The van der Waals surface area contributed by atoms with Gasteiger partial charge >= 0.3 is 0 Å². The summed E-state index contributed by atoms with van der Waals surface area (Å²) in [6.45, 7) is 3.07. The van der Waals surface area contributed by atoms with Crippen molar-refractivity contribution >= 4 is 23.5 Å². The van der Waals surface area contributed by atoms with Gasteiger partial charge in [0.05, 0.1) is 12.2 Å². The van der Waals surface area contributed by atoms with Gasteiger partial charge in [0.15, 0.2) is 5.69 Å². The molecule has 0 aromatic carbocycles. The minimum absolute atomic E-state index is 0.0122. The fourth-order valence-corrected chi connectivity index (χ4v) is 3.99. The molecule has 0 radical (unpaired) electrons. The van der Waals surface area contributed by atoms with Crippen molar-refractivity contribution in [2.75, 3.05) is 18.5 Å². The van der Waals surface area contributed by atoms with E-state index in [-0.39, 0.29) is 48.9 Å². The van der Waals surface area contributed by atoms with Crippen LogP contribution in [0.15, 0.2) is 6.33 Å². The molecular weight excluding hydrogens is 338 g/mol. The van der Waals surface area contributed by atoms with Crippen molar-refractivity contribution in [3.8, 4) is 0 Å². The Hall–Kier alpha value is -2.42. The molecule has 3 rings (SSSR count). The number of imidazole rings is 1. The zero-order chi connectivity index (χ0) is 18.8. The molecule has 9 nitrogen and oxygen atoms in total. The van der Waals surface area contributed by atoms with Crippen LogP contribution in [0.25, 0.3) is 0 Å². The summed E-state index contributed by atoms with van der Waals surface area (Å²) in [5.41, 5.74) is 5.27. The molecule has 1 aromatic rings. The van der Waals surface area contributed by atoms with Gasteiger partial charge in [0.1, 0.15) is 5.82 Å². The molecule has 2 aliphatic heterocycles. The Bertz CT molecular complexity index is 716. The highest BCUT2D eigenvalue weighted by molar-refractivity contribution is 6.02. The molecule has 0 saturated carbocycles. The SMILES string of the molecule is CC1CCCN(C(=O)CC2Cn3cnc(C(N)=O)c3NC2=O)C1CCO. The number of carbonyl (C=O) groups excluding carboxylic acids is 3. The van der Waals surface area contributed by atoms with Crippen molar-refractivity contribution in [1.82, 2.24) is 14.5 Å². The standard InChI is InChI=1S/C17H25N5O4/c1-10-3-2-5-22(12(10)4-6-23)13(24)7-11-8-21-9-19-14(15(18)25)16(21)20-17(11)26/h9-12,23H,2-8H2,1H3,(H2,18,25)(H,20,26). The van der Waals surface area contributed by atoms with Crippen LogP contribution >= 0.6 is 0 Å². The van der Waals surface area contributed by atoms with Gasteiger partial charge in [0, 0.05) is 32.2 Å². The number of rotatable bonds is 5. The summed E-state index contributed by atoms with van der Waals surface area (Å²) in [5, 5.41) is 11.9. The number of aliphatic hydroxyl groups is 1. The zero-order valence-corrected chi connectivity index (χ0v) is 14.9. The second-order valence-electron chi connectivity index (χ2n) is 7.13. The molecule has 142 valence electrons. The smallest absolute Gasteiger partial charge is 0.271 e. The molecule has 1 saturated heterocycles. The van der Waals surface area contributed by atoms with E-state index in [2.05, 4.69) is 17.2 Å². The maximum atomic E-state index is 12.8. The van der Waals surface area contributed by atoms with E-state index in [9.17, 15) is 19.5 Å². The van der Waals surface area contributed by atoms with E-state index >= 15 is 0 Å². The zero-order valence-electron chi connectivity index (χ0n) is 14.9. The molecule has 3 heterocycles. The number of hydrogen-bond acceptors (Lipinski definition) is 5. The van der Waals surface area contributed by atoms with Gasteiger partial charge in [-0.25, -0.2) is 4.98 Å². The van der Waals surface area contributed by atoms with Gasteiger partial charge < -0.3 is 25.6 Å². The highest BCUT2D eigenvalue weighted by atomic mass is 16.3. The molecule has 2 aliphatic rings. The molecule has 0 spiro atoms. The van der Waals surface area contributed by atoms with Crippen molar-refractivity contribution in [2.45, 2.75) is 45.2 Å². The summed E-state index contributed by atoms with van der Waals surface area (Å²) < 4.78 is 1.64. The van der Waals surface area contributed by atoms with Crippen LogP contribution in [-0.2, 0) is 16.1 Å². The Balaban J connectivity index is 1.71. The van der Waals surface area contributed by atoms with E-state index in [0.29, 0.717) is 18.9 Å². The van der Waals surface area contributed by atoms with Crippen molar-refractivity contribution in [3.63, 3.8) is 0 Å². The van der Waals surface area contributed by atoms with Crippen molar-refractivity contribution in [2.24, 2.45) is 17.6 Å². The number of fused-ring (bicyclic) bond motifs is 1. The first-order chi connectivity index (χ1) is 12.4. The lowest BCUT2D eigenvalue weighted by Gasteiger charge is -2.40. The summed E-state index contributed by atoms with van der Waals surface area (Å²) in [5.74, 6) is -1.000. The quantitative estimate of drug-likeness (QED) is 0.675. The number of piperidine rings is 1. The van der Waals surface area contributed by atoms with Crippen LogP contribution in [0.5, 0.6) is 0 Å². The average Bonchev–Trinajstić information content (AvgIpc) is 3.00. The summed E-state index contributed by atoms with van der Waals surface area (Å²) in [7, 11) is 0. The lowest BCUT2D eigenvalue weighted by atomic mass is 9.88. The number of nitrogens with zero attached hydrogens (tertiary/aromatic N) is 3. The highest BCUT2D eigenvalue weighted by Crippen LogP contribution is 2.29. The monoisotopic (exact) mass is 363 g/mol. The summed E-state index contributed by atoms with van der Waals surface area (Å²) in [4.78, 5) is 42.3. The Morgan fingerprint density at radius 3 is 2.92 bits per heavy atom. The molecule has 0 aliphatic carbocycles. The Labute approximate surface area is 151 Å². The van der Waals surface area contributed by atoms with E-state index in [1.807, 2.05) is 4.90 Å². The first-order valence-corrected chi connectivity index (χ1v) is 8.98. The number of nitrogens with two attached hydrogens (primary N) is 1. The third-order valence-electron chi connectivity index (χ3n) is 5.38. The normalized spacial score (nSPS) is 25.5. The summed E-state index contributed by atoms with van der Waals surface area (Å²) in [6.07, 6.45) is 4.05. The molecule has 4 N–H and O–H groups in total. The van der Waals surface area contributed by atoms with Crippen molar-refractivity contribution in [1.29, 1.82) is 0 Å². The van der Waals surface area contributed by atoms with Crippen LogP contribution < -0.4 is 11.1 Å². The molecular formula is C17H25N5O4. The van der Waals surface area contributed by atoms with Crippen LogP contribution in [-0.4, -0.2) is 56.5 Å². The molecule has 1 fully saturated rings. The molecule has 3 atom stereocenters. The van der Waals surface area contributed by atoms with Crippen LogP contribution in [0, 0.1) is 11.8 Å². The maximum absolute atomic E-state index is 12.8. The van der Waals surface area contributed by atoms with E-state index in [4.69, 9.17) is 5.73 Å². The first kappa shape index (κ1) is 18.4. The number of aliphatic hydroxyl groups excluding tert-OH is 1. The Kier molecular flexibility index (Phi) is 5.26. The van der Waals surface area contributed by atoms with E-state index in [1.165, 1.54) is 6.33 Å². The van der Waals surface area contributed by atoms with E-state index in [1.54, 1.807) is 4.57 Å². The topological polar surface area (TPSA) is 131 Å². The van der Waals surface area contributed by atoms with Crippen LogP contribution in [0.3, 0.4) is 0 Å².